The second-order valence-electron chi connectivity index (χ2n) is 3.95. The Labute approximate surface area is 95.6 Å². The zero-order valence-electron chi connectivity index (χ0n) is 10.0. The summed E-state index contributed by atoms with van der Waals surface area (Å²) in [7, 11) is 0. The molecular formula is C11H19N3O2. The van der Waals surface area contributed by atoms with E-state index in [4.69, 9.17) is 10.5 Å². The van der Waals surface area contributed by atoms with Gasteiger partial charge in [0.1, 0.15) is 6.04 Å². The molecule has 0 amide bonds. The minimum atomic E-state index is -0.617. The Morgan fingerprint density at radius 1 is 1.62 bits per heavy atom. The molecule has 2 N–H and O–H groups in total. The van der Waals surface area contributed by atoms with Gasteiger partial charge in [-0.25, -0.2) is 4.98 Å². The van der Waals surface area contributed by atoms with Crippen LogP contribution in [0.15, 0.2) is 12.5 Å². The fourth-order valence-electron chi connectivity index (χ4n) is 1.51. The van der Waals surface area contributed by atoms with Crippen LogP contribution in [-0.4, -0.2) is 28.2 Å². The highest BCUT2D eigenvalue weighted by molar-refractivity contribution is 5.75. The monoisotopic (exact) mass is 225 g/mol. The number of nitrogens with zero attached hydrogens (tertiary/aromatic N) is 2. The van der Waals surface area contributed by atoms with E-state index in [1.165, 1.54) is 0 Å². The zero-order valence-corrected chi connectivity index (χ0v) is 10.0. The Bertz CT molecular complexity index is 347. The molecule has 5 heteroatoms. The Morgan fingerprint density at radius 2 is 2.31 bits per heavy atom. The van der Waals surface area contributed by atoms with E-state index in [1.54, 1.807) is 19.4 Å². The van der Waals surface area contributed by atoms with Crippen molar-refractivity contribution in [2.75, 3.05) is 6.61 Å². The number of nitrogens with two attached hydrogens (primary N) is 1. The van der Waals surface area contributed by atoms with E-state index in [1.807, 2.05) is 4.57 Å². The van der Waals surface area contributed by atoms with Gasteiger partial charge in [0.05, 0.1) is 12.9 Å². The third-order valence-corrected chi connectivity index (χ3v) is 2.32. The summed E-state index contributed by atoms with van der Waals surface area (Å²) in [5.41, 5.74) is 6.70. The highest BCUT2D eigenvalue weighted by Crippen LogP contribution is 2.10. The quantitative estimate of drug-likeness (QED) is 0.756. The molecule has 0 aromatic carbocycles. The van der Waals surface area contributed by atoms with Gasteiger partial charge in [0, 0.05) is 24.4 Å². The molecule has 0 spiro atoms. The summed E-state index contributed by atoms with van der Waals surface area (Å²) in [4.78, 5) is 15.4. The molecule has 0 aliphatic rings. The molecule has 0 radical (unpaired) electrons. The number of rotatable bonds is 5. The summed E-state index contributed by atoms with van der Waals surface area (Å²) in [6, 6.07) is -0.305. The van der Waals surface area contributed by atoms with Crippen molar-refractivity contribution in [2.45, 2.75) is 39.3 Å². The number of hydrogen-bond donors (Lipinski definition) is 1. The minimum absolute atomic E-state index is 0.312. The first-order chi connectivity index (χ1) is 7.56. The third-order valence-electron chi connectivity index (χ3n) is 2.32. The highest BCUT2D eigenvalue weighted by Gasteiger charge is 2.17. The van der Waals surface area contributed by atoms with Crippen molar-refractivity contribution < 1.29 is 9.53 Å². The van der Waals surface area contributed by atoms with Gasteiger partial charge in [-0.05, 0) is 20.8 Å². The van der Waals surface area contributed by atoms with E-state index >= 15 is 0 Å². The van der Waals surface area contributed by atoms with Gasteiger partial charge < -0.3 is 15.0 Å². The second-order valence-corrected chi connectivity index (χ2v) is 3.95. The zero-order chi connectivity index (χ0) is 12.1. The minimum Gasteiger partial charge on any atom is -0.465 e. The van der Waals surface area contributed by atoms with E-state index in [9.17, 15) is 4.79 Å². The Morgan fingerprint density at radius 3 is 2.88 bits per heavy atom. The summed E-state index contributed by atoms with van der Waals surface area (Å²) in [6.45, 7) is 6.24. The molecule has 0 aliphatic heterocycles. The Kier molecular flexibility index (Phi) is 4.49. The van der Waals surface area contributed by atoms with Crippen LogP contribution in [0.4, 0.5) is 0 Å². The van der Waals surface area contributed by atoms with Crippen molar-refractivity contribution >= 4 is 5.97 Å². The van der Waals surface area contributed by atoms with Crippen molar-refractivity contribution in [1.82, 2.24) is 9.55 Å². The molecular weight excluding hydrogens is 206 g/mol. The normalized spacial score (nSPS) is 12.8. The van der Waals surface area contributed by atoms with Crippen LogP contribution in [0.25, 0.3) is 0 Å². The highest BCUT2D eigenvalue weighted by atomic mass is 16.5. The van der Waals surface area contributed by atoms with Crippen molar-refractivity contribution in [1.29, 1.82) is 0 Å². The Hall–Kier alpha value is -1.36. The number of ether oxygens (including phenoxy) is 1. The summed E-state index contributed by atoms with van der Waals surface area (Å²) in [6.07, 6.45) is 3.94. The van der Waals surface area contributed by atoms with E-state index in [2.05, 4.69) is 18.8 Å². The molecule has 1 aromatic heterocycles. The first kappa shape index (κ1) is 12.7. The molecule has 1 atom stereocenters. The van der Waals surface area contributed by atoms with Crippen molar-refractivity contribution in [3.05, 3.63) is 18.2 Å². The Balaban J connectivity index is 2.65. The van der Waals surface area contributed by atoms with Gasteiger partial charge in [0.25, 0.3) is 0 Å². The van der Waals surface area contributed by atoms with E-state index in [0.717, 1.165) is 5.69 Å². The van der Waals surface area contributed by atoms with Crippen LogP contribution in [0, 0.1) is 0 Å². The van der Waals surface area contributed by atoms with Gasteiger partial charge >= 0.3 is 5.97 Å². The predicted molar refractivity (Wildman–Crippen MR) is 60.9 cm³/mol. The molecule has 0 aliphatic carbocycles. The second kappa shape index (κ2) is 5.65. The van der Waals surface area contributed by atoms with Gasteiger partial charge in [0.2, 0.25) is 0 Å². The topological polar surface area (TPSA) is 70.1 Å². The molecule has 1 rings (SSSR count). The molecule has 1 heterocycles. The fraction of sp³-hybridized carbons (Fsp3) is 0.636. The summed E-state index contributed by atoms with van der Waals surface area (Å²) < 4.78 is 6.86. The maximum absolute atomic E-state index is 11.4. The molecule has 0 fully saturated rings. The van der Waals surface area contributed by atoms with E-state index in [-0.39, 0.29) is 5.97 Å². The van der Waals surface area contributed by atoms with Gasteiger partial charge in [-0.1, -0.05) is 0 Å². The standard InChI is InChI=1S/C11H19N3O2/c1-4-16-11(15)10(12)5-9-6-13-7-14(9)8(2)3/h6-8,10H,4-5,12H2,1-3H3. The molecule has 5 nitrogen and oxygen atoms in total. The average molecular weight is 225 g/mol. The van der Waals surface area contributed by atoms with Crippen LogP contribution in [0.3, 0.4) is 0 Å². The molecule has 0 saturated carbocycles. The SMILES string of the molecule is CCOC(=O)C(N)Cc1cncn1C(C)C. The lowest BCUT2D eigenvalue weighted by atomic mass is 10.1. The van der Waals surface area contributed by atoms with Crippen LogP contribution in [-0.2, 0) is 16.0 Å². The van der Waals surface area contributed by atoms with Gasteiger partial charge in [-0.2, -0.15) is 0 Å². The van der Waals surface area contributed by atoms with Gasteiger partial charge in [-0.15, -0.1) is 0 Å². The van der Waals surface area contributed by atoms with E-state index in [0.29, 0.717) is 19.1 Å². The lowest BCUT2D eigenvalue weighted by Gasteiger charge is -2.14. The molecule has 90 valence electrons. The van der Waals surface area contributed by atoms with E-state index < -0.39 is 6.04 Å². The predicted octanol–water partition coefficient (Wildman–Crippen LogP) is 0.897. The maximum atomic E-state index is 11.4. The lowest BCUT2D eigenvalue weighted by Crippen LogP contribution is -2.35. The van der Waals surface area contributed by atoms with Gasteiger partial charge in [0.15, 0.2) is 0 Å². The van der Waals surface area contributed by atoms with Crippen molar-refractivity contribution in [3.8, 4) is 0 Å². The fourth-order valence-corrected chi connectivity index (χ4v) is 1.51. The molecule has 0 saturated heterocycles. The van der Waals surface area contributed by atoms with Crippen LogP contribution >= 0.6 is 0 Å². The summed E-state index contributed by atoms with van der Waals surface area (Å²) in [5.74, 6) is -0.362. The number of hydrogen-bond acceptors (Lipinski definition) is 4. The summed E-state index contributed by atoms with van der Waals surface area (Å²) in [5, 5.41) is 0. The van der Waals surface area contributed by atoms with Crippen LogP contribution < -0.4 is 5.73 Å². The smallest absolute Gasteiger partial charge is 0.323 e. The first-order valence-corrected chi connectivity index (χ1v) is 5.49. The molecule has 1 aromatic rings. The largest absolute Gasteiger partial charge is 0.465 e. The number of carbonyl (C=O) groups excluding carboxylic acids is 1. The van der Waals surface area contributed by atoms with Crippen LogP contribution in [0.2, 0.25) is 0 Å². The average Bonchev–Trinajstić information content (AvgIpc) is 2.66. The maximum Gasteiger partial charge on any atom is 0.323 e. The number of esters is 1. The third kappa shape index (κ3) is 3.06. The number of aromatic nitrogens is 2. The van der Waals surface area contributed by atoms with Gasteiger partial charge in [-0.3, -0.25) is 4.79 Å². The van der Waals surface area contributed by atoms with Crippen LogP contribution in [0.1, 0.15) is 32.5 Å². The summed E-state index contributed by atoms with van der Waals surface area (Å²) >= 11 is 0. The van der Waals surface area contributed by atoms with Crippen molar-refractivity contribution in [2.24, 2.45) is 5.73 Å². The molecule has 1 unspecified atom stereocenters. The van der Waals surface area contributed by atoms with Crippen molar-refractivity contribution in [3.63, 3.8) is 0 Å². The molecule has 16 heavy (non-hydrogen) atoms. The molecule has 0 bridgehead atoms. The first-order valence-electron chi connectivity index (χ1n) is 5.49. The number of imidazole rings is 1. The van der Waals surface area contributed by atoms with Crippen LogP contribution in [0.5, 0.6) is 0 Å². The lowest BCUT2D eigenvalue weighted by molar-refractivity contribution is -0.144. The number of carbonyl (C=O) groups is 1.